The van der Waals surface area contributed by atoms with E-state index in [4.69, 9.17) is 0 Å². The first-order valence-electron chi connectivity index (χ1n) is 7.54. The largest absolute Gasteiger partial charge is 0.409 e. The molecule has 2 aromatic carbocycles. The normalized spacial score (nSPS) is 17.5. The van der Waals surface area contributed by atoms with Gasteiger partial charge in [0, 0.05) is 13.0 Å². The van der Waals surface area contributed by atoms with Crippen LogP contribution in [0.1, 0.15) is 30.5 Å². The second-order valence-electron chi connectivity index (χ2n) is 5.72. The summed E-state index contributed by atoms with van der Waals surface area (Å²) >= 11 is 0. The number of carbonyl (C=O) groups is 1. The van der Waals surface area contributed by atoms with E-state index in [9.17, 15) is 18.0 Å². The number of benzene rings is 2. The zero-order chi connectivity index (χ0) is 16.6. The Morgan fingerprint density at radius 2 is 1.91 bits per heavy atom. The molecule has 1 fully saturated rings. The van der Waals surface area contributed by atoms with Gasteiger partial charge in [0.05, 0.1) is 0 Å². The molecule has 0 bridgehead atoms. The molecule has 0 spiro atoms. The molecule has 0 aliphatic carbocycles. The van der Waals surface area contributed by atoms with Crippen molar-refractivity contribution in [1.29, 1.82) is 0 Å². The number of fused-ring (bicyclic) bond motifs is 1. The van der Waals surface area contributed by atoms with E-state index in [1.807, 2.05) is 25.1 Å². The minimum atomic E-state index is -4.46. The molecule has 1 aliphatic rings. The molecule has 23 heavy (non-hydrogen) atoms. The zero-order valence-electron chi connectivity index (χ0n) is 12.7. The molecule has 1 atom stereocenters. The van der Waals surface area contributed by atoms with E-state index in [1.54, 1.807) is 12.1 Å². The van der Waals surface area contributed by atoms with Crippen LogP contribution in [0.5, 0.6) is 0 Å². The van der Waals surface area contributed by atoms with Crippen LogP contribution >= 0.6 is 0 Å². The first kappa shape index (κ1) is 15.8. The maximum atomic E-state index is 13.5. The summed E-state index contributed by atoms with van der Waals surface area (Å²) in [5, 5.41) is 2.66. The number of alkyl halides is 3. The van der Waals surface area contributed by atoms with Crippen LogP contribution in [0, 0.1) is 0 Å². The predicted octanol–water partition coefficient (Wildman–Crippen LogP) is 3.74. The van der Waals surface area contributed by atoms with E-state index >= 15 is 0 Å². The van der Waals surface area contributed by atoms with Gasteiger partial charge in [0.2, 0.25) is 5.91 Å². The van der Waals surface area contributed by atoms with Crippen molar-refractivity contribution in [3.05, 3.63) is 47.5 Å². The topological polar surface area (TPSA) is 32.3 Å². The highest BCUT2D eigenvalue weighted by molar-refractivity contribution is 5.84. The number of amides is 1. The van der Waals surface area contributed by atoms with Crippen LogP contribution in [0.25, 0.3) is 10.8 Å². The predicted molar refractivity (Wildman–Crippen MR) is 81.6 cm³/mol. The van der Waals surface area contributed by atoms with Crippen LogP contribution in [0.4, 0.5) is 13.2 Å². The van der Waals surface area contributed by atoms with Gasteiger partial charge in [-0.05, 0) is 34.4 Å². The van der Waals surface area contributed by atoms with Gasteiger partial charge in [-0.1, -0.05) is 37.3 Å². The van der Waals surface area contributed by atoms with Crippen molar-refractivity contribution in [3.8, 4) is 0 Å². The van der Waals surface area contributed by atoms with Crippen molar-refractivity contribution < 1.29 is 18.0 Å². The molecule has 0 radical (unpaired) electrons. The minimum absolute atomic E-state index is 0.0516. The minimum Gasteiger partial charge on any atom is -0.288 e. The molecule has 1 amide bonds. The van der Waals surface area contributed by atoms with Crippen LogP contribution in [0.15, 0.2) is 36.4 Å². The van der Waals surface area contributed by atoms with Gasteiger partial charge >= 0.3 is 6.18 Å². The smallest absolute Gasteiger partial charge is 0.288 e. The van der Waals surface area contributed by atoms with Gasteiger partial charge in [0.1, 0.15) is 6.04 Å². The zero-order valence-corrected chi connectivity index (χ0v) is 12.7. The van der Waals surface area contributed by atoms with E-state index in [0.717, 1.165) is 27.8 Å². The van der Waals surface area contributed by atoms with E-state index in [2.05, 4.69) is 5.43 Å². The molecule has 0 saturated carbocycles. The first-order valence-corrected chi connectivity index (χ1v) is 7.54. The number of halogens is 3. The van der Waals surface area contributed by atoms with Crippen molar-refractivity contribution in [2.24, 2.45) is 0 Å². The number of nitrogens with zero attached hydrogens (tertiary/aromatic N) is 1. The van der Waals surface area contributed by atoms with Crippen LogP contribution in [-0.2, 0) is 11.2 Å². The SMILES string of the molecule is CCc1ccc2ccc([C@H](N3CCC(=O)N3)C(F)(F)F)cc2c1. The van der Waals surface area contributed by atoms with E-state index in [1.165, 1.54) is 6.07 Å². The van der Waals surface area contributed by atoms with E-state index in [0.29, 0.717) is 0 Å². The van der Waals surface area contributed by atoms with Gasteiger partial charge in [0.25, 0.3) is 0 Å². The molecular weight excluding hydrogens is 305 g/mol. The lowest BCUT2D eigenvalue weighted by molar-refractivity contribution is -0.191. The van der Waals surface area contributed by atoms with Crippen molar-refractivity contribution in [2.75, 3.05) is 6.54 Å². The Balaban J connectivity index is 2.04. The quantitative estimate of drug-likeness (QED) is 0.933. The summed E-state index contributed by atoms with van der Waals surface area (Å²) in [4.78, 5) is 11.3. The molecule has 2 aromatic rings. The van der Waals surface area contributed by atoms with Crippen molar-refractivity contribution in [1.82, 2.24) is 10.4 Å². The Morgan fingerprint density at radius 1 is 1.17 bits per heavy atom. The average molecular weight is 322 g/mol. The number of nitrogens with one attached hydrogen (secondary N) is 1. The molecule has 1 saturated heterocycles. The third-order valence-electron chi connectivity index (χ3n) is 4.12. The fraction of sp³-hybridized carbons (Fsp3) is 0.353. The highest BCUT2D eigenvalue weighted by Crippen LogP contribution is 2.38. The molecule has 0 unspecified atom stereocenters. The lowest BCUT2D eigenvalue weighted by atomic mass is 9.99. The maximum Gasteiger partial charge on any atom is 0.409 e. The van der Waals surface area contributed by atoms with Gasteiger partial charge < -0.3 is 0 Å². The molecule has 6 heteroatoms. The molecular formula is C17H17F3N2O. The molecule has 3 rings (SSSR count). The van der Waals surface area contributed by atoms with Crippen molar-refractivity contribution >= 4 is 16.7 Å². The number of aryl methyl sites for hydroxylation is 1. The molecule has 1 N–H and O–H groups in total. The monoisotopic (exact) mass is 322 g/mol. The third-order valence-corrected chi connectivity index (χ3v) is 4.12. The van der Waals surface area contributed by atoms with Crippen LogP contribution in [0.2, 0.25) is 0 Å². The first-order chi connectivity index (χ1) is 10.9. The summed E-state index contributed by atoms with van der Waals surface area (Å²) in [5.41, 5.74) is 3.52. The average Bonchev–Trinajstić information content (AvgIpc) is 2.91. The Morgan fingerprint density at radius 3 is 2.52 bits per heavy atom. The summed E-state index contributed by atoms with van der Waals surface area (Å²) in [6.45, 7) is 2.05. The molecule has 3 nitrogen and oxygen atoms in total. The summed E-state index contributed by atoms with van der Waals surface area (Å²) in [7, 11) is 0. The second kappa shape index (κ2) is 5.85. The van der Waals surface area contributed by atoms with Crippen molar-refractivity contribution in [3.63, 3.8) is 0 Å². The molecule has 1 heterocycles. The number of rotatable bonds is 3. The van der Waals surface area contributed by atoms with Gasteiger partial charge in [0.15, 0.2) is 0 Å². The lowest BCUT2D eigenvalue weighted by Gasteiger charge is -2.29. The third kappa shape index (κ3) is 3.17. The summed E-state index contributed by atoms with van der Waals surface area (Å²) in [6.07, 6.45) is -3.56. The Bertz CT molecular complexity index is 742. The molecule has 1 aliphatic heterocycles. The Labute approximate surface area is 132 Å². The highest BCUT2D eigenvalue weighted by atomic mass is 19.4. The number of hydrazine groups is 1. The van der Waals surface area contributed by atoms with Crippen LogP contribution < -0.4 is 5.43 Å². The fourth-order valence-corrected chi connectivity index (χ4v) is 2.94. The number of hydrogen-bond acceptors (Lipinski definition) is 2. The van der Waals surface area contributed by atoms with Gasteiger partial charge in [-0.2, -0.15) is 13.2 Å². The molecule has 122 valence electrons. The fourth-order valence-electron chi connectivity index (χ4n) is 2.94. The lowest BCUT2D eigenvalue weighted by Crippen LogP contribution is -2.43. The number of carbonyl (C=O) groups excluding carboxylic acids is 1. The summed E-state index contributed by atoms with van der Waals surface area (Å²) in [6, 6.07) is 8.72. The van der Waals surface area contributed by atoms with Gasteiger partial charge in [-0.15, -0.1) is 0 Å². The maximum absolute atomic E-state index is 13.5. The number of hydrogen-bond donors (Lipinski definition) is 1. The van der Waals surface area contributed by atoms with Crippen LogP contribution in [0.3, 0.4) is 0 Å². The summed E-state index contributed by atoms with van der Waals surface area (Å²) in [5.74, 6) is -0.381. The van der Waals surface area contributed by atoms with E-state index < -0.39 is 12.2 Å². The van der Waals surface area contributed by atoms with Crippen molar-refractivity contribution in [2.45, 2.75) is 32.0 Å². The second-order valence-corrected chi connectivity index (χ2v) is 5.72. The highest BCUT2D eigenvalue weighted by Gasteiger charge is 2.46. The summed E-state index contributed by atoms with van der Waals surface area (Å²) < 4.78 is 40.6. The molecule has 0 aromatic heterocycles. The van der Waals surface area contributed by atoms with Crippen LogP contribution in [-0.4, -0.2) is 23.6 Å². The Kier molecular flexibility index (Phi) is 4.02. The van der Waals surface area contributed by atoms with E-state index in [-0.39, 0.29) is 24.4 Å². The van der Waals surface area contributed by atoms with Gasteiger partial charge in [-0.25, -0.2) is 5.01 Å². The van der Waals surface area contributed by atoms with Gasteiger partial charge in [-0.3, -0.25) is 10.2 Å². The standard InChI is InChI=1S/C17H17F3N2O/c1-2-11-3-4-12-5-6-13(10-14(12)9-11)16(17(18,19)20)22-8-7-15(23)21-22/h3-6,9-10,16H,2,7-8H2,1H3,(H,21,23)/t16-/m0/s1. The Hall–Kier alpha value is -2.08.